The predicted octanol–water partition coefficient (Wildman–Crippen LogP) is 7.37. The molecule has 0 atom stereocenters. The second kappa shape index (κ2) is 8.36. The molecule has 4 rings (SSSR count). The van der Waals surface area contributed by atoms with Gasteiger partial charge < -0.3 is 14.5 Å². The van der Waals surface area contributed by atoms with Crippen LogP contribution in [0.15, 0.2) is 52.9 Å². The summed E-state index contributed by atoms with van der Waals surface area (Å²) in [4.78, 5) is 17.2. The number of hydrogen-bond acceptors (Lipinski definition) is 4. The summed E-state index contributed by atoms with van der Waals surface area (Å²) in [7, 11) is 1.43. The first-order chi connectivity index (χ1) is 14.4. The molecule has 5 nitrogen and oxygen atoms in total. The number of hydrogen-bond donors (Lipinski definition) is 1. The number of oxazole rings is 1. The largest absolute Gasteiger partial charge is 0.494 e. The summed E-state index contributed by atoms with van der Waals surface area (Å²) in [5, 5.41) is 4.20. The molecule has 0 bridgehead atoms. The van der Waals surface area contributed by atoms with Crippen molar-refractivity contribution in [1.82, 2.24) is 4.98 Å². The molecule has 3 aromatic carbocycles. The van der Waals surface area contributed by atoms with Crippen molar-refractivity contribution in [2.75, 3.05) is 12.4 Å². The summed E-state index contributed by atoms with van der Waals surface area (Å²) in [6.45, 7) is 0. The van der Waals surface area contributed by atoms with Gasteiger partial charge in [-0.05, 0) is 48.5 Å². The summed E-state index contributed by atoms with van der Waals surface area (Å²) in [5.41, 5.74) is 2.53. The first kappa shape index (κ1) is 20.8. The number of nitrogens with one attached hydrogen (secondary N) is 1. The van der Waals surface area contributed by atoms with E-state index >= 15 is 0 Å². The number of carbonyl (C=O) groups is 1. The third-order valence-corrected chi connectivity index (χ3v) is 5.51. The van der Waals surface area contributed by atoms with E-state index < -0.39 is 5.91 Å². The van der Waals surface area contributed by atoms with Crippen LogP contribution in [0.2, 0.25) is 20.1 Å². The number of benzene rings is 3. The van der Waals surface area contributed by atoms with Gasteiger partial charge in [0.05, 0.1) is 27.7 Å². The Kier molecular flexibility index (Phi) is 5.80. The van der Waals surface area contributed by atoms with Gasteiger partial charge in [-0.1, -0.05) is 46.4 Å². The Labute approximate surface area is 191 Å². The van der Waals surface area contributed by atoms with Crippen LogP contribution in [0.4, 0.5) is 5.69 Å². The number of aromatic nitrogens is 1. The van der Waals surface area contributed by atoms with Crippen molar-refractivity contribution in [2.45, 2.75) is 0 Å². The minimum Gasteiger partial charge on any atom is -0.494 e. The molecule has 0 saturated carbocycles. The Hall–Kier alpha value is -2.44. The van der Waals surface area contributed by atoms with E-state index in [0.717, 1.165) is 0 Å². The van der Waals surface area contributed by atoms with Crippen LogP contribution in [0.25, 0.3) is 22.6 Å². The normalized spacial score (nSPS) is 11.0. The molecule has 0 saturated heterocycles. The zero-order valence-electron chi connectivity index (χ0n) is 15.3. The first-order valence-corrected chi connectivity index (χ1v) is 10.1. The number of carbonyl (C=O) groups excluding carboxylic acids is 1. The third kappa shape index (κ3) is 4.07. The Morgan fingerprint density at radius 3 is 2.50 bits per heavy atom. The lowest BCUT2D eigenvalue weighted by atomic mass is 10.1. The molecule has 0 aliphatic rings. The standard InChI is InChI=1S/C21H12Cl4N2O3/c1-29-19-13(7-11(22)8-16(19)25)20(28)26-12-3-5-18-17(9-12)27-21(30-18)10-2-4-14(23)15(24)6-10/h2-9H,1H3,(H,26,28). The molecule has 1 amide bonds. The summed E-state index contributed by atoms with van der Waals surface area (Å²) < 4.78 is 11.0. The molecule has 1 heterocycles. The fourth-order valence-corrected chi connectivity index (χ4v) is 3.76. The van der Waals surface area contributed by atoms with Gasteiger partial charge in [-0.3, -0.25) is 4.79 Å². The van der Waals surface area contributed by atoms with Crippen LogP contribution in [0.1, 0.15) is 10.4 Å². The molecular formula is C21H12Cl4N2O3. The van der Waals surface area contributed by atoms with Crippen LogP contribution in [-0.4, -0.2) is 18.0 Å². The van der Waals surface area contributed by atoms with Crippen LogP contribution in [0.5, 0.6) is 5.75 Å². The molecule has 30 heavy (non-hydrogen) atoms. The fraction of sp³-hybridized carbons (Fsp3) is 0.0476. The van der Waals surface area contributed by atoms with Gasteiger partial charge in [-0.2, -0.15) is 0 Å². The molecule has 0 spiro atoms. The van der Waals surface area contributed by atoms with E-state index in [9.17, 15) is 4.79 Å². The van der Waals surface area contributed by atoms with Crippen LogP contribution >= 0.6 is 46.4 Å². The van der Waals surface area contributed by atoms with Crippen molar-refractivity contribution < 1.29 is 13.9 Å². The maximum absolute atomic E-state index is 12.8. The van der Waals surface area contributed by atoms with Gasteiger partial charge in [0, 0.05) is 16.3 Å². The van der Waals surface area contributed by atoms with Crippen molar-refractivity contribution in [2.24, 2.45) is 0 Å². The van der Waals surface area contributed by atoms with E-state index in [-0.39, 0.29) is 16.3 Å². The number of anilines is 1. The SMILES string of the molecule is COc1c(Cl)cc(Cl)cc1C(=O)Nc1ccc2oc(-c3ccc(Cl)c(Cl)c3)nc2c1. The average molecular weight is 482 g/mol. The summed E-state index contributed by atoms with van der Waals surface area (Å²) in [6, 6.07) is 13.2. The highest BCUT2D eigenvalue weighted by Crippen LogP contribution is 2.34. The number of rotatable bonds is 4. The quantitative estimate of drug-likeness (QED) is 0.330. The third-order valence-electron chi connectivity index (χ3n) is 4.27. The summed E-state index contributed by atoms with van der Waals surface area (Å²) in [5.74, 6) is 0.196. The molecule has 9 heteroatoms. The number of fused-ring (bicyclic) bond motifs is 1. The topological polar surface area (TPSA) is 64.4 Å². The lowest BCUT2D eigenvalue weighted by Crippen LogP contribution is -2.13. The summed E-state index contributed by atoms with van der Waals surface area (Å²) >= 11 is 24.2. The van der Waals surface area contributed by atoms with E-state index in [0.29, 0.717) is 43.3 Å². The summed E-state index contributed by atoms with van der Waals surface area (Å²) in [6.07, 6.45) is 0. The minimum atomic E-state index is -0.427. The van der Waals surface area contributed by atoms with Crippen molar-refractivity contribution in [1.29, 1.82) is 0 Å². The van der Waals surface area contributed by atoms with Gasteiger partial charge in [0.2, 0.25) is 5.89 Å². The van der Waals surface area contributed by atoms with Crippen LogP contribution < -0.4 is 10.1 Å². The number of amides is 1. The van der Waals surface area contributed by atoms with Crippen molar-refractivity contribution in [3.8, 4) is 17.2 Å². The molecule has 0 aliphatic carbocycles. The molecular weight excluding hydrogens is 470 g/mol. The number of methoxy groups -OCH3 is 1. The average Bonchev–Trinajstić information content (AvgIpc) is 3.13. The lowest BCUT2D eigenvalue weighted by molar-refractivity contribution is 0.102. The van der Waals surface area contributed by atoms with Crippen molar-refractivity contribution >= 4 is 69.1 Å². The molecule has 1 N–H and O–H groups in total. The molecule has 0 unspecified atom stereocenters. The van der Waals surface area contributed by atoms with Crippen LogP contribution in [-0.2, 0) is 0 Å². The van der Waals surface area contributed by atoms with Gasteiger partial charge in [0.25, 0.3) is 5.91 Å². The van der Waals surface area contributed by atoms with Gasteiger partial charge in [-0.25, -0.2) is 4.98 Å². The van der Waals surface area contributed by atoms with Crippen LogP contribution in [0, 0.1) is 0 Å². The van der Waals surface area contributed by atoms with Gasteiger partial charge in [-0.15, -0.1) is 0 Å². The number of ether oxygens (including phenoxy) is 1. The molecule has 1 aromatic heterocycles. The van der Waals surface area contributed by atoms with E-state index in [2.05, 4.69) is 10.3 Å². The minimum absolute atomic E-state index is 0.215. The Bertz CT molecular complexity index is 1290. The number of nitrogens with zero attached hydrogens (tertiary/aromatic N) is 1. The fourth-order valence-electron chi connectivity index (χ4n) is 2.89. The Balaban J connectivity index is 1.64. The van der Waals surface area contributed by atoms with Gasteiger partial charge in [0.15, 0.2) is 5.58 Å². The van der Waals surface area contributed by atoms with E-state index in [4.69, 9.17) is 55.6 Å². The Morgan fingerprint density at radius 2 is 1.77 bits per heavy atom. The van der Waals surface area contributed by atoms with Crippen LogP contribution in [0.3, 0.4) is 0 Å². The maximum atomic E-state index is 12.8. The molecule has 0 radical (unpaired) electrons. The second-order valence-electron chi connectivity index (χ2n) is 6.25. The molecule has 4 aromatic rings. The highest BCUT2D eigenvalue weighted by atomic mass is 35.5. The smallest absolute Gasteiger partial charge is 0.259 e. The zero-order chi connectivity index (χ0) is 21.4. The van der Waals surface area contributed by atoms with Gasteiger partial charge >= 0.3 is 0 Å². The van der Waals surface area contributed by atoms with E-state index in [1.165, 1.54) is 19.2 Å². The maximum Gasteiger partial charge on any atom is 0.259 e. The van der Waals surface area contributed by atoms with Crippen molar-refractivity contribution in [3.63, 3.8) is 0 Å². The first-order valence-electron chi connectivity index (χ1n) is 8.56. The van der Waals surface area contributed by atoms with E-state index in [1.54, 1.807) is 36.4 Å². The second-order valence-corrected chi connectivity index (χ2v) is 7.91. The zero-order valence-corrected chi connectivity index (χ0v) is 18.3. The molecule has 152 valence electrons. The van der Waals surface area contributed by atoms with Crippen molar-refractivity contribution in [3.05, 3.63) is 74.2 Å². The monoisotopic (exact) mass is 480 g/mol. The predicted molar refractivity (Wildman–Crippen MR) is 120 cm³/mol. The Morgan fingerprint density at radius 1 is 0.967 bits per heavy atom. The molecule has 0 fully saturated rings. The molecule has 0 aliphatic heterocycles. The van der Waals surface area contributed by atoms with E-state index in [1.807, 2.05) is 0 Å². The number of halogens is 4. The lowest BCUT2D eigenvalue weighted by Gasteiger charge is -2.11. The highest BCUT2D eigenvalue weighted by Gasteiger charge is 2.18. The van der Waals surface area contributed by atoms with Gasteiger partial charge in [0.1, 0.15) is 11.3 Å². The highest BCUT2D eigenvalue weighted by molar-refractivity contribution is 6.42.